The number of nitrogens with zero attached hydrogens (tertiary/aromatic N) is 3. The average Bonchev–Trinajstić information content (AvgIpc) is 2.88. The lowest BCUT2D eigenvalue weighted by molar-refractivity contribution is -0.118. The van der Waals surface area contributed by atoms with E-state index in [0.717, 1.165) is 10.9 Å². The van der Waals surface area contributed by atoms with Crippen LogP contribution in [-0.2, 0) is 4.79 Å². The number of anilines is 1. The standard InChI is InChI=1S/C27H22BrCl2FN4O3/c1-3-15(2)26-34-23-9-4-17(28)12-20(23)27(37)35(26)32-13-16-10-21(29)25(22(30)11-16)38-14-24(36)33-19-7-5-18(31)6-8-19/h4-13,15H,3,14H2,1-2H3,(H,33,36)/t15-/m1/s1. The number of nitrogens with one attached hydrogen (secondary N) is 1. The molecule has 196 valence electrons. The van der Waals surface area contributed by atoms with Gasteiger partial charge >= 0.3 is 0 Å². The van der Waals surface area contributed by atoms with Crippen molar-refractivity contribution in [2.24, 2.45) is 5.10 Å². The van der Waals surface area contributed by atoms with Crippen LogP contribution >= 0.6 is 39.1 Å². The Bertz CT molecular complexity index is 1570. The summed E-state index contributed by atoms with van der Waals surface area (Å²) in [5.74, 6) is -0.242. The highest BCUT2D eigenvalue weighted by Gasteiger charge is 2.16. The summed E-state index contributed by atoms with van der Waals surface area (Å²) in [4.78, 5) is 30.2. The monoisotopic (exact) mass is 618 g/mol. The molecule has 0 aliphatic heterocycles. The van der Waals surface area contributed by atoms with E-state index in [1.165, 1.54) is 35.2 Å². The highest BCUT2D eigenvalue weighted by atomic mass is 79.9. The molecule has 3 aromatic carbocycles. The minimum atomic E-state index is -0.471. The Hall–Kier alpha value is -3.27. The molecule has 0 unspecified atom stereocenters. The molecule has 38 heavy (non-hydrogen) atoms. The van der Waals surface area contributed by atoms with Gasteiger partial charge in [0.05, 0.1) is 27.2 Å². The maximum atomic E-state index is 13.3. The number of hydrogen-bond acceptors (Lipinski definition) is 5. The molecule has 1 amide bonds. The largest absolute Gasteiger partial charge is 0.481 e. The Morgan fingerprint density at radius 1 is 1.18 bits per heavy atom. The number of carbonyl (C=O) groups is 1. The SMILES string of the molecule is CC[C@@H](C)c1nc2ccc(Br)cc2c(=O)n1N=Cc1cc(Cl)c(OCC(=O)Nc2ccc(F)cc2)c(Cl)c1. The fourth-order valence-electron chi connectivity index (χ4n) is 3.56. The Balaban J connectivity index is 1.57. The minimum absolute atomic E-state index is 0.0168. The van der Waals surface area contributed by atoms with Crippen LogP contribution in [0.25, 0.3) is 10.9 Å². The van der Waals surface area contributed by atoms with Crippen LogP contribution in [-0.4, -0.2) is 28.4 Å². The molecule has 0 bridgehead atoms. The number of ether oxygens (including phenoxy) is 1. The summed E-state index contributed by atoms with van der Waals surface area (Å²) in [6.07, 6.45) is 2.23. The fourth-order valence-corrected chi connectivity index (χ4v) is 4.54. The molecule has 1 heterocycles. The first kappa shape index (κ1) is 27.8. The predicted octanol–water partition coefficient (Wildman–Crippen LogP) is 7.02. The number of aromatic nitrogens is 2. The third-order valence-electron chi connectivity index (χ3n) is 5.70. The van der Waals surface area contributed by atoms with E-state index in [0.29, 0.717) is 28.0 Å². The van der Waals surface area contributed by atoms with Gasteiger partial charge in [-0.1, -0.05) is 53.0 Å². The third kappa shape index (κ3) is 6.40. The summed E-state index contributed by atoms with van der Waals surface area (Å²) in [5.41, 5.74) is 1.23. The van der Waals surface area contributed by atoms with E-state index in [-0.39, 0.29) is 33.9 Å². The summed E-state index contributed by atoms with van der Waals surface area (Å²) >= 11 is 16.2. The smallest absolute Gasteiger partial charge is 0.282 e. The summed E-state index contributed by atoms with van der Waals surface area (Å²) in [6.45, 7) is 3.62. The van der Waals surface area contributed by atoms with Gasteiger partial charge in [-0.2, -0.15) is 9.78 Å². The van der Waals surface area contributed by atoms with Gasteiger partial charge in [0.2, 0.25) is 0 Å². The van der Waals surface area contributed by atoms with E-state index < -0.39 is 11.7 Å². The highest BCUT2D eigenvalue weighted by molar-refractivity contribution is 9.10. The Morgan fingerprint density at radius 3 is 2.53 bits per heavy atom. The first-order valence-corrected chi connectivity index (χ1v) is 13.1. The zero-order valence-electron chi connectivity index (χ0n) is 20.3. The lowest BCUT2D eigenvalue weighted by Crippen LogP contribution is -2.23. The second-order valence-corrected chi connectivity index (χ2v) is 10.2. The number of carbonyl (C=O) groups excluding carboxylic acids is 1. The van der Waals surface area contributed by atoms with Crippen LogP contribution in [0.4, 0.5) is 10.1 Å². The van der Waals surface area contributed by atoms with E-state index in [1.54, 1.807) is 24.3 Å². The number of amides is 1. The number of halogens is 4. The molecular weight excluding hydrogens is 598 g/mol. The third-order valence-corrected chi connectivity index (χ3v) is 6.76. The van der Waals surface area contributed by atoms with Gasteiger partial charge in [0.15, 0.2) is 12.4 Å². The molecule has 1 aromatic heterocycles. The fraction of sp³-hybridized carbons (Fsp3) is 0.185. The summed E-state index contributed by atoms with van der Waals surface area (Å²) in [7, 11) is 0. The topological polar surface area (TPSA) is 85.6 Å². The first-order chi connectivity index (χ1) is 18.2. The van der Waals surface area contributed by atoms with E-state index in [4.69, 9.17) is 27.9 Å². The van der Waals surface area contributed by atoms with Crippen LogP contribution in [0.1, 0.15) is 37.6 Å². The van der Waals surface area contributed by atoms with Gasteiger partial charge < -0.3 is 10.1 Å². The molecule has 11 heteroatoms. The van der Waals surface area contributed by atoms with E-state index in [1.807, 2.05) is 19.9 Å². The van der Waals surface area contributed by atoms with E-state index in [2.05, 4.69) is 31.3 Å². The quantitative estimate of drug-likeness (QED) is 0.215. The van der Waals surface area contributed by atoms with Crippen LogP contribution in [0.15, 0.2) is 69.0 Å². The van der Waals surface area contributed by atoms with Gasteiger partial charge in [-0.15, -0.1) is 0 Å². The van der Waals surface area contributed by atoms with Crippen molar-refractivity contribution in [1.29, 1.82) is 0 Å². The summed E-state index contributed by atoms with van der Waals surface area (Å²) in [6, 6.07) is 13.8. The highest BCUT2D eigenvalue weighted by Crippen LogP contribution is 2.34. The van der Waals surface area contributed by atoms with Gasteiger partial charge in [0.25, 0.3) is 11.5 Å². The molecule has 0 aliphatic carbocycles. The van der Waals surface area contributed by atoms with E-state index >= 15 is 0 Å². The predicted molar refractivity (Wildman–Crippen MR) is 152 cm³/mol. The van der Waals surface area contributed by atoms with Gasteiger partial charge in [-0.05, 0) is 66.6 Å². The van der Waals surface area contributed by atoms with Gasteiger partial charge in [-0.25, -0.2) is 9.37 Å². The molecule has 4 rings (SSSR count). The first-order valence-electron chi connectivity index (χ1n) is 11.6. The van der Waals surface area contributed by atoms with Crippen molar-refractivity contribution in [3.05, 3.63) is 96.7 Å². The molecule has 7 nitrogen and oxygen atoms in total. The second kappa shape index (κ2) is 12.1. The van der Waals surface area contributed by atoms with Crippen molar-refractivity contribution in [2.45, 2.75) is 26.2 Å². The summed E-state index contributed by atoms with van der Waals surface area (Å²) < 4.78 is 20.6. The van der Waals surface area contributed by atoms with Crippen molar-refractivity contribution in [1.82, 2.24) is 9.66 Å². The van der Waals surface area contributed by atoms with Crippen molar-refractivity contribution in [2.75, 3.05) is 11.9 Å². The van der Waals surface area contributed by atoms with Crippen molar-refractivity contribution >= 4 is 67.8 Å². The van der Waals surface area contributed by atoms with Gasteiger partial charge in [0.1, 0.15) is 11.6 Å². The zero-order chi connectivity index (χ0) is 27.4. The maximum Gasteiger partial charge on any atom is 0.282 e. The van der Waals surface area contributed by atoms with Crippen LogP contribution in [0.5, 0.6) is 5.75 Å². The van der Waals surface area contributed by atoms with Crippen LogP contribution in [0.2, 0.25) is 10.0 Å². The lowest BCUT2D eigenvalue weighted by Gasteiger charge is -2.14. The van der Waals surface area contributed by atoms with Crippen LogP contribution in [0, 0.1) is 5.82 Å². The molecule has 0 saturated heterocycles. The Kier molecular flexibility index (Phi) is 8.81. The van der Waals surface area contributed by atoms with Gasteiger partial charge in [0, 0.05) is 16.1 Å². The molecule has 1 N–H and O–H groups in total. The average molecular weight is 620 g/mol. The van der Waals surface area contributed by atoms with E-state index in [9.17, 15) is 14.0 Å². The normalized spacial score (nSPS) is 12.2. The number of fused-ring (bicyclic) bond motifs is 1. The molecule has 0 radical (unpaired) electrons. The molecule has 0 spiro atoms. The van der Waals surface area contributed by atoms with Crippen molar-refractivity contribution in [3.8, 4) is 5.75 Å². The van der Waals surface area contributed by atoms with Crippen molar-refractivity contribution in [3.63, 3.8) is 0 Å². The zero-order valence-corrected chi connectivity index (χ0v) is 23.4. The second-order valence-electron chi connectivity index (χ2n) is 8.46. The van der Waals surface area contributed by atoms with Crippen LogP contribution < -0.4 is 15.6 Å². The molecule has 4 aromatic rings. The maximum absolute atomic E-state index is 13.3. The van der Waals surface area contributed by atoms with Crippen molar-refractivity contribution < 1.29 is 13.9 Å². The Morgan fingerprint density at radius 2 is 1.87 bits per heavy atom. The number of hydrogen-bond donors (Lipinski definition) is 1. The number of rotatable bonds is 8. The molecule has 1 atom stereocenters. The van der Waals surface area contributed by atoms with Gasteiger partial charge in [-0.3, -0.25) is 9.59 Å². The molecule has 0 fully saturated rings. The number of benzene rings is 3. The van der Waals surface area contributed by atoms with Crippen LogP contribution in [0.3, 0.4) is 0 Å². The summed E-state index contributed by atoms with van der Waals surface area (Å²) in [5, 5.41) is 7.75. The minimum Gasteiger partial charge on any atom is -0.481 e. The molecule has 0 saturated carbocycles. The lowest BCUT2D eigenvalue weighted by atomic mass is 10.1. The molecule has 0 aliphatic rings. The molecular formula is C27H22BrCl2FN4O3. The Labute approximate surface area is 236 Å².